The van der Waals surface area contributed by atoms with Gasteiger partial charge in [-0.05, 0) is 19.1 Å². The molecule has 1 atom stereocenters. The molecular formula is C10H12F3NO3. The molecule has 7 heteroatoms. The molecule has 0 spiro atoms. The van der Waals surface area contributed by atoms with Gasteiger partial charge in [-0.3, -0.25) is 0 Å². The van der Waals surface area contributed by atoms with Crippen molar-refractivity contribution in [2.75, 3.05) is 0 Å². The summed E-state index contributed by atoms with van der Waals surface area (Å²) in [7, 11) is 0. The first-order valence-electron chi connectivity index (χ1n) is 4.90. The molecule has 0 bridgehead atoms. The van der Waals surface area contributed by atoms with Crippen LogP contribution < -0.4 is 5.32 Å². The fourth-order valence-corrected chi connectivity index (χ4v) is 1.28. The molecule has 2 N–H and O–H groups in total. The van der Waals surface area contributed by atoms with Gasteiger partial charge in [-0.2, -0.15) is 13.2 Å². The third kappa shape index (κ3) is 4.90. The molecule has 0 saturated carbocycles. The lowest BCUT2D eigenvalue weighted by Crippen LogP contribution is -2.30. The topological polar surface area (TPSA) is 62.5 Å². The zero-order valence-electron chi connectivity index (χ0n) is 9.04. The molecule has 17 heavy (non-hydrogen) atoms. The van der Waals surface area contributed by atoms with E-state index in [4.69, 9.17) is 9.52 Å². The molecule has 1 aromatic rings. The van der Waals surface area contributed by atoms with Gasteiger partial charge in [-0.1, -0.05) is 0 Å². The van der Waals surface area contributed by atoms with Crippen LogP contribution in [0.4, 0.5) is 13.2 Å². The van der Waals surface area contributed by atoms with Crippen LogP contribution in [0.2, 0.25) is 0 Å². The van der Waals surface area contributed by atoms with Gasteiger partial charge in [-0.25, -0.2) is 4.79 Å². The van der Waals surface area contributed by atoms with Crippen LogP contribution in [0.1, 0.15) is 29.7 Å². The number of furan rings is 1. The number of hydrogen-bond acceptors (Lipinski definition) is 3. The van der Waals surface area contributed by atoms with Gasteiger partial charge in [0.2, 0.25) is 5.76 Å². The van der Waals surface area contributed by atoms with Gasteiger partial charge in [-0.15, -0.1) is 0 Å². The molecule has 1 heterocycles. The van der Waals surface area contributed by atoms with Gasteiger partial charge in [0.25, 0.3) is 0 Å². The molecule has 0 saturated heterocycles. The molecule has 1 unspecified atom stereocenters. The van der Waals surface area contributed by atoms with Crippen LogP contribution in [0, 0.1) is 0 Å². The van der Waals surface area contributed by atoms with Gasteiger partial charge < -0.3 is 14.8 Å². The molecule has 0 aliphatic heterocycles. The van der Waals surface area contributed by atoms with Crippen molar-refractivity contribution >= 4 is 5.97 Å². The Kier molecular flexibility index (Phi) is 4.17. The van der Waals surface area contributed by atoms with Crippen LogP contribution in [-0.2, 0) is 6.54 Å². The minimum Gasteiger partial charge on any atom is -0.475 e. The van der Waals surface area contributed by atoms with Crippen molar-refractivity contribution in [1.82, 2.24) is 5.32 Å². The average Bonchev–Trinajstić information content (AvgIpc) is 2.60. The summed E-state index contributed by atoms with van der Waals surface area (Å²) in [6, 6.07) is 1.92. The van der Waals surface area contributed by atoms with E-state index in [1.807, 2.05) is 0 Å². The summed E-state index contributed by atoms with van der Waals surface area (Å²) in [5.74, 6) is -1.15. The molecular weight excluding hydrogens is 239 g/mol. The third-order valence-corrected chi connectivity index (χ3v) is 2.03. The third-order valence-electron chi connectivity index (χ3n) is 2.03. The van der Waals surface area contributed by atoms with E-state index < -0.39 is 24.6 Å². The van der Waals surface area contributed by atoms with E-state index in [0.29, 0.717) is 0 Å². The van der Waals surface area contributed by atoms with Gasteiger partial charge in [0.1, 0.15) is 5.76 Å². The van der Waals surface area contributed by atoms with Crippen molar-refractivity contribution in [2.24, 2.45) is 0 Å². The van der Waals surface area contributed by atoms with Crippen molar-refractivity contribution in [3.8, 4) is 0 Å². The Morgan fingerprint density at radius 3 is 2.65 bits per heavy atom. The smallest absolute Gasteiger partial charge is 0.390 e. The molecule has 0 amide bonds. The maximum absolute atomic E-state index is 12.0. The Morgan fingerprint density at radius 1 is 1.53 bits per heavy atom. The van der Waals surface area contributed by atoms with Crippen molar-refractivity contribution in [2.45, 2.75) is 32.1 Å². The number of halogens is 3. The predicted molar refractivity (Wildman–Crippen MR) is 52.6 cm³/mol. The van der Waals surface area contributed by atoms with Crippen LogP contribution in [0.3, 0.4) is 0 Å². The van der Waals surface area contributed by atoms with Gasteiger partial charge >= 0.3 is 12.1 Å². The first kappa shape index (κ1) is 13.6. The quantitative estimate of drug-likeness (QED) is 0.843. The van der Waals surface area contributed by atoms with E-state index in [9.17, 15) is 18.0 Å². The summed E-state index contributed by atoms with van der Waals surface area (Å²) in [6.45, 7) is 1.46. The number of alkyl halides is 3. The van der Waals surface area contributed by atoms with E-state index in [-0.39, 0.29) is 18.1 Å². The summed E-state index contributed by atoms with van der Waals surface area (Å²) in [4.78, 5) is 10.5. The Morgan fingerprint density at radius 2 is 2.18 bits per heavy atom. The summed E-state index contributed by atoms with van der Waals surface area (Å²) in [5.41, 5.74) is 0. The fraction of sp³-hybridized carbons (Fsp3) is 0.500. The monoisotopic (exact) mass is 251 g/mol. The highest BCUT2D eigenvalue weighted by molar-refractivity contribution is 5.84. The minimum absolute atomic E-state index is 0.0600. The van der Waals surface area contributed by atoms with E-state index >= 15 is 0 Å². The Labute approximate surface area is 95.4 Å². The van der Waals surface area contributed by atoms with Crippen molar-refractivity contribution in [3.05, 3.63) is 23.7 Å². The van der Waals surface area contributed by atoms with E-state index in [0.717, 1.165) is 0 Å². The second kappa shape index (κ2) is 5.22. The normalized spacial score (nSPS) is 13.6. The number of aromatic carboxylic acids is 1. The highest BCUT2D eigenvalue weighted by Gasteiger charge is 2.29. The largest absolute Gasteiger partial charge is 0.475 e. The second-order valence-electron chi connectivity index (χ2n) is 3.67. The number of rotatable bonds is 5. The fourth-order valence-electron chi connectivity index (χ4n) is 1.28. The summed E-state index contributed by atoms with van der Waals surface area (Å²) in [6.07, 6.45) is -5.17. The lowest BCUT2D eigenvalue weighted by atomic mass is 10.2. The first-order chi connectivity index (χ1) is 7.78. The summed E-state index contributed by atoms with van der Waals surface area (Å²) in [5, 5.41) is 11.2. The number of carboxylic acids is 1. The molecule has 0 aliphatic rings. The molecule has 0 radical (unpaired) electrons. The van der Waals surface area contributed by atoms with Crippen LogP contribution in [-0.4, -0.2) is 23.3 Å². The average molecular weight is 251 g/mol. The standard InChI is InChI=1S/C10H12F3NO3/c1-6(4-10(11,12)13)14-5-7-2-3-8(17-7)9(15)16/h2-3,6,14H,4-5H2,1H3,(H,15,16). The van der Waals surface area contributed by atoms with Gasteiger partial charge in [0.15, 0.2) is 0 Å². The molecule has 0 aliphatic carbocycles. The summed E-state index contributed by atoms with van der Waals surface area (Å²) >= 11 is 0. The van der Waals surface area contributed by atoms with Gasteiger partial charge in [0, 0.05) is 6.04 Å². The Hall–Kier alpha value is -1.50. The van der Waals surface area contributed by atoms with E-state index in [2.05, 4.69) is 5.32 Å². The molecule has 96 valence electrons. The zero-order chi connectivity index (χ0) is 13.1. The van der Waals surface area contributed by atoms with Crippen LogP contribution in [0.25, 0.3) is 0 Å². The van der Waals surface area contributed by atoms with Crippen molar-refractivity contribution in [3.63, 3.8) is 0 Å². The van der Waals surface area contributed by atoms with Crippen LogP contribution in [0.15, 0.2) is 16.5 Å². The minimum atomic E-state index is -4.22. The van der Waals surface area contributed by atoms with Gasteiger partial charge in [0.05, 0.1) is 13.0 Å². The summed E-state index contributed by atoms with van der Waals surface area (Å²) < 4.78 is 40.9. The maximum atomic E-state index is 12.0. The van der Waals surface area contributed by atoms with Crippen molar-refractivity contribution < 1.29 is 27.5 Å². The van der Waals surface area contributed by atoms with E-state index in [1.54, 1.807) is 0 Å². The molecule has 0 fully saturated rings. The Bertz CT molecular complexity index is 386. The predicted octanol–water partition coefficient (Wildman–Crippen LogP) is 2.41. The SMILES string of the molecule is CC(CC(F)(F)F)NCc1ccc(C(=O)O)o1. The zero-order valence-corrected chi connectivity index (χ0v) is 9.04. The number of carbonyl (C=O) groups is 1. The van der Waals surface area contributed by atoms with Crippen LogP contribution >= 0.6 is 0 Å². The molecule has 1 rings (SSSR count). The lowest BCUT2D eigenvalue weighted by molar-refractivity contribution is -0.139. The Balaban J connectivity index is 2.42. The second-order valence-corrected chi connectivity index (χ2v) is 3.67. The molecule has 1 aromatic heterocycles. The molecule has 4 nitrogen and oxygen atoms in total. The maximum Gasteiger partial charge on any atom is 0.390 e. The first-order valence-corrected chi connectivity index (χ1v) is 4.90. The number of hydrogen-bond donors (Lipinski definition) is 2. The van der Waals surface area contributed by atoms with Crippen molar-refractivity contribution in [1.29, 1.82) is 0 Å². The van der Waals surface area contributed by atoms with E-state index in [1.165, 1.54) is 19.1 Å². The number of nitrogens with one attached hydrogen (secondary N) is 1. The number of carboxylic acid groups (broad SMARTS) is 1. The highest BCUT2D eigenvalue weighted by Crippen LogP contribution is 2.21. The molecule has 0 aromatic carbocycles. The lowest BCUT2D eigenvalue weighted by Gasteiger charge is -2.14. The van der Waals surface area contributed by atoms with Crippen LogP contribution in [0.5, 0.6) is 0 Å². The highest BCUT2D eigenvalue weighted by atomic mass is 19.4.